The van der Waals surface area contributed by atoms with Crippen LogP contribution in [0.5, 0.6) is 0 Å². The Morgan fingerprint density at radius 2 is 1.91 bits per heavy atom. The minimum absolute atomic E-state index is 0.0199. The highest BCUT2D eigenvalue weighted by Gasteiger charge is 2.28. The molecule has 0 aliphatic carbocycles. The molecule has 0 saturated carbocycles. The van der Waals surface area contributed by atoms with Gasteiger partial charge in [0.05, 0.1) is 18.0 Å². The zero-order chi connectivity index (χ0) is 24.4. The second-order valence-electron chi connectivity index (χ2n) is 8.40. The number of pyridine rings is 1. The third-order valence-electron chi connectivity index (χ3n) is 4.53. The lowest BCUT2D eigenvalue weighted by atomic mass is 10.1. The van der Waals surface area contributed by atoms with Crippen LogP contribution in [0.3, 0.4) is 0 Å². The molecule has 3 rings (SSSR count). The van der Waals surface area contributed by atoms with Crippen molar-refractivity contribution in [1.82, 2.24) is 9.88 Å². The Labute approximate surface area is 196 Å². The molecule has 0 fully saturated rings. The number of carbonyl (C=O) groups is 1. The van der Waals surface area contributed by atoms with Gasteiger partial charge in [0.1, 0.15) is 9.81 Å². The maximum Gasteiger partial charge on any atom is 0.410 e. The van der Waals surface area contributed by atoms with E-state index in [1.807, 2.05) is 0 Å². The van der Waals surface area contributed by atoms with Crippen LogP contribution in [0, 0.1) is 5.95 Å². The average molecular weight is 493 g/mol. The van der Waals surface area contributed by atoms with Crippen LogP contribution >= 0.6 is 11.3 Å². The number of amides is 1. The van der Waals surface area contributed by atoms with Gasteiger partial charge in [-0.15, -0.1) is 11.3 Å². The minimum atomic E-state index is -4.05. The summed E-state index contributed by atoms with van der Waals surface area (Å²) in [5, 5.41) is 9.40. The van der Waals surface area contributed by atoms with Crippen molar-refractivity contribution in [2.75, 3.05) is 7.05 Å². The fourth-order valence-electron chi connectivity index (χ4n) is 3.03. The first kappa shape index (κ1) is 24.8. The molecule has 7 nitrogen and oxygen atoms in total. The lowest BCUT2D eigenvalue weighted by Gasteiger charge is -2.24. The van der Waals surface area contributed by atoms with Gasteiger partial charge in [0.2, 0.25) is 15.8 Å². The molecule has 1 amide bonds. The number of sulfone groups is 1. The molecule has 2 heterocycles. The standard InChI is InChI=1S/C23H25FN2O5S2/c1-23(2,3)31-22(28)26(4)13-16-12-19(18-9-6-10-25-20(18)24)21(32-16)33(29,30)17-8-5-7-15(11-17)14-27/h5-12,27H,13-14H2,1-4H3. The fourth-order valence-corrected chi connectivity index (χ4v) is 6.27. The number of nitrogens with zero attached hydrogens (tertiary/aromatic N) is 2. The molecule has 10 heteroatoms. The topological polar surface area (TPSA) is 96.8 Å². The molecule has 0 bridgehead atoms. The summed E-state index contributed by atoms with van der Waals surface area (Å²) in [5.41, 5.74) is -0.0483. The molecule has 176 valence electrons. The van der Waals surface area contributed by atoms with Crippen molar-refractivity contribution in [2.24, 2.45) is 0 Å². The number of halogens is 1. The zero-order valence-corrected chi connectivity index (χ0v) is 20.3. The first-order valence-electron chi connectivity index (χ1n) is 10.0. The highest BCUT2D eigenvalue weighted by molar-refractivity contribution is 7.93. The predicted octanol–water partition coefficient (Wildman–Crippen LogP) is 4.64. The van der Waals surface area contributed by atoms with E-state index in [1.54, 1.807) is 32.9 Å². The molecular weight excluding hydrogens is 467 g/mol. The van der Waals surface area contributed by atoms with E-state index >= 15 is 0 Å². The summed E-state index contributed by atoms with van der Waals surface area (Å²) in [6, 6.07) is 10.5. The number of hydrogen-bond donors (Lipinski definition) is 1. The van der Waals surface area contributed by atoms with Gasteiger partial charge in [-0.25, -0.2) is 18.2 Å². The number of ether oxygens (including phenoxy) is 1. The van der Waals surface area contributed by atoms with Gasteiger partial charge in [-0.1, -0.05) is 12.1 Å². The third kappa shape index (κ3) is 5.76. The van der Waals surface area contributed by atoms with Crippen LogP contribution in [0.25, 0.3) is 11.1 Å². The van der Waals surface area contributed by atoms with Crippen molar-refractivity contribution in [1.29, 1.82) is 0 Å². The van der Waals surface area contributed by atoms with Gasteiger partial charge in [-0.2, -0.15) is 4.39 Å². The molecule has 0 saturated heterocycles. The van der Waals surface area contributed by atoms with Gasteiger partial charge in [0.15, 0.2) is 0 Å². The second kappa shape index (κ2) is 9.58. The summed E-state index contributed by atoms with van der Waals surface area (Å²) in [7, 11) is -2.51. The van der Waals surface area contributed by atoms with Gasteiger partial charge in [-0.3, -0.25) is 0 Å². The maximum atomic E-state index is 14.5. The number of aliphatic hydroxyl groups excluding tert-OH is 1. The van der Waals surface area contributed by atoms with E-state index in [1.165, 1.54) is 48.5 Å². The molecule has 0 aliphatic rings. The number of aliphatic hydroxyl groups is 1. The normalized spacial score (nSPS) is 11.9. The van der Waals surface area contributed by atoms with Crippen LogP contribution in [0.1, 0.15) is 31.2 Å². The molecule has 0 spiro atoms. The Kier molecular flexibility index (Phi) is 7.20. The number of benzene rings is 1. The van der Waals surface area contributed by atoms with Crippen LogP contribution < -0.4 is 0 Å². The Balaban J connectivity index is 2.08. The highest BCUT2D eigenvalue weighted by atomic mass is 32.2. The molecular formula is C23H25FN2O5S2. The van der Waals surface area contributed by atoms with Crippen LogP contribution in [-0.2, 0) is 27.7 Å². The smallest absolute Gasteiger partial charge is 0.410 e. The molecule has 0 aliphatic heterocycles. The van der Waals surface area contributed by atoms with Gasteiger partial charge < -0.3 is 14.7 Å². The van der Waals surface area contributed by atoms with Crippen LogP contribution in [-0.4, -0.2) is 42.2 Å². The van der Waals surface area contributed by atoms with Gasteiger partial charge in [-0.05, 0) is 56.7 Å². The molecule has 2 aromatic heterocycles. The lowest BCUT2D eigenvalue weighted by Crippen LogP contribution is -2.33. The zero-order valence-electron chi connectivity index (χ0n) is 18.7. The quantitative estimate of drug-likeness (QED) is 0.504. The SMILES string of the molecule is CN(Cc1cc(-c2cccnc2F)c(S(=O)(=O)c2cccc(CO)c2)s1)C(=O)OC(C)(C)C. The van der Waals surface area contributed by atoms with Gasteiger partial charge in [0, 0.05) is 29.2 Å². The first-order chi connectivity index (χ1) is 15.4. The largest absolute Gasteiger partial charge is 0.444 e. The lowest BCUT2D eigenvalue weighted by molar-refractivity contribution is 0.0286. The molecule has 3 aromatic rings. The van der Waals surface area contributed by atoms with Crippen molar-refractivity contribution < 1.29 is 27.4 Å². The maximum absolute atomic E-state index is 14.5. The second-order valence-corrected chi connectivity index (χ2v) is 11.7. The monoisotopic (exact) mass is 492 g/mol. The molecule has 0 atom stereocenters. The van der Waals surface area contributed by atoms with Gasteiger partial charge >= 0.3 is 6.09 Å². The van der Waals surface area contributed by atoms with Crippen LogP contribution in [0.4, 0.5) is 9.18 Å². The fraction of sp³-hybridized carbons (Fsp3) is 0.304. The number of aromatic nitrogens is 1. The summed E-state index contributed by atoms with van der Waals surface area (Å²) < 4.78 is 46.8. The molecule has 0 radical (unpaired) electrons. The Hall–Kier alpha value is -2.82. The summed E-state index contributed by atoms with van der Waals surface area (Å²) >= 11 is 0.948. The number of thiophene rings is 1. The number of carbonyl (C=O) groups excluding carboxylic acids is 1. The van der Waals surface area contributed by atoms with E-state index in [0.29, 0.717) is 10.4 Å². The van der Waals surface area contributed by atoms with Crippen molar-refractivity contribution in [3.8, 4) is 11.1 Å². The van der Waals surface area contributed by atoms with Crippen molar-refractivity contribution in [2.45, 2.75) is 48.6 Å². The molecule has 1 N–H and O–H groups in total. The van der Waals surface area contributed by atoms with E-state index < -0.39 is 27.5 Å². The summed E-state index contributed by atoms with van der Waals surface area (Å²) in [4.78, 5) is 17.8. The molecule has 0 unspecified atom stereocenters. The summed E-state index contributed by atoms with van der Waals surface area (Å²) in [6.45, 7) is 5.00. The van der Waals surface area contributed by atoms with E-state index in [-0.39, 0.29) is 33.4 Å². The van der Waals surface area contributed by atoms with E-state index in [2.05, 4.69) is 4.98 Å². The van der Waals surface area contributed by atoms with Crippen molar-refractivity contribution in [3.05, 3.63) is 65.0 Å². The summed E-state index contributed by atoms with van der Waals surface area (Å²) in [5.74, 6) is -0.803. The third-order valence-corrected chi connectivity index (χ3v) is 7.94. The number of hydrogen-bond acceptors (Lipinski definition) is 7. The Morgan fingerprint density at radius 1 is 1.18 bits per heavy atom. The molecule has 1 aromatic carbocycles. The summed E-state index contributed by atoms with van der Waals surface area (Å²) in [6.07, 6.45) is 0.714. The van der Waals surface area contributed by atoms with Crippen molar-refractivity contribution in [3.63, 3.8) is 0 Å². The van der Waals surface area contributed by atoms with E-state index in [9.17, 15) is 22.7 Å². The Bertz CT molecular complexity index is 1270. The van der Waals surface area contributed by atoms with Crippen molar-refractivity contribution >= 4 is 27.3 Å². The first-order valence-corrected chi connectivity index (χ1v) is 12.3. The van der Waals surface area contributed by atoms with Gasteiger partial charge in [0.25, 0.3) is 0 Å². The minimum Gasteiger partial charge on any atom is -0.444 e. The predicted molar refractivity (Wildman–Crippen MR) is 123 cm³/mol. The highest BCUT2D eigenvalue weighted by Crippen LogP contribution is 2.39. The average Bonchev–Trinajstić information content (AvgIpc) is 3.17. The molecule has 33 heavy (non-hydrogen) atoms. The van der Waals surface area contributed by atoms with Crippen LogP contribution in [0.15, 0.2) is 57.8 Å². The Morgan fingerprint density at radius 3 is 2.55 bits per heavy atom. The number of rotatable bonds is 6. The van der Waals surface area contributed by atoms with E-state index in [0.717, 1.165) is 11.3 Å². The van der Waals surface area contributed by atoms with Crippen LogP contribution in [0.2, 0.25) is 0 Å². The van der Waals surface area contributed by atoms with E-state index in [4.69, 9.17) is 4.74 Å².